The van der Waals surface area contributed by atoms with E-state index in [0.717, 1.165) is 19.6 Å². The molecule has 0 atom stereocenters. The molecule has 0 amide bonds. The van der Waals surface area contributed by atoms with E-state index in [-0.39, 0.29) is 5.84 Å². The molecule has 0 aromatic carbocycles. The molecule has 0 aromatic heterocycles. The molecule has 0 radical (unpaired) electrons. The minimum atomic E-state index is 0.237. The average Bonchev–Trinajstić information content (AvgIpc) is 2.36. The van der Waals surface area contributed by atoms with Crippen LogP contribution in [0.4, 0.5) is 0 Å². The molecular weight excluding hydrogens is 234 g/mol. The number of hydrogen-bond acceptors (Lipinski definition) is 5. The molecule has 0 aliphatic carbocycles. The number of methoxy groups -OCH3 is 1. The van der Waals surface area contributed by atoms with Crippen LogP contribution in [0.2, 0.25) is 0 Å². The molecule has 0 rings (SSSR count). The standard InChI is InChI=1S/C12H27N3O3/c1-3-15(5-4-12(13)14)6-7-17-10-11-18-9-8-16-2/h3-11H2,1-2H3,(H3,13,14). The normalized spacial score (nSPS) is 11.1. The second kappa shape index (κ2) is 12.8. The lowest BCUT2D eigenvalue weighted by Crippen LogP contribution is -2.31. The van der Waals surface area contributed by atoms with Gasteiger partial charge in [-0.1, -0.05) is 6.92 Å². The van der Waals surface area contributed by atoms with Gasteiger partial charge in [0.25, 0.3) is 0 Å². The number of rotatable bonds is 13. The number of ether oxygens (including phenoxy) is 3. The highest BCUT2D eigenvalue weighted by Gasteiger charge is 2.02. The SMILES string of the molecule is CCN(CCOCCOCCOC)CCC(=N)N. The van der Waals surface area contributed by atoms with Gasteiger partial charge >= 0.3 is 0 Å². The van der Waals surface area contributed by atoms with E-state index in [2.05, 4.69) is 11.8 Å². The summed E-state index contributed by atoms with van der Waals surface area (Å²) >= 11 is 0. The van der Waals surface area contributed by atoms with Gasteiger partial charge in [0, 0.05) is 26.6 Å². The van der Waals surface area contributed by atoms with Crippen LogP contribution in [-0.2, 0) is 14.2 Å². The quantitative estimate of drug-likeness (QED) is 0.283. The van der Waals surface area contributed by atoms with Crippen LogP contribution in [0.15, 0.2) is 0 Å². The highest BCUT2D eigenvalue weighted by molar-refractivity contribution is 5.76. The van der Waals surface area contributed by atoms with Gasteiger partial charge in [-0.25, -0.2) is 0 Å². The lowest BCUT2D eigenvalue weighted by molar-refractivity contribution is 0.0199. The molecule has 0 bridgehead atoms. The topological polar surface area (TPSA) is 80.8 Å². The first-order chi connectivity index (χ1) is 8.70. The van der Waals surface area contributed by atoms with Crippen LogP contribution in [-0.4, -0.2) is 70.5 Å². The predicted molar refractivity (Wildman–Crippen MR) is 72.2 cm³/mol. The first-order valence-corrected chi connectivity index (χ1v) is 6.40. The van der Waals surface area contributed by atoms with Crippen molar-refractivity contribution < 1.29 is 14.2 Å². The van der Waals surface area contributed by atoms with Gasteiger partial charge < -0.3 is 24.8 Å². The fraction of sp³-hybridized carbons (Fsp3) is 0.917. The van der Waals surface area contributed by atoms with Gasteiger partial charge in [0.15, 0.2) is 0 Å². The summed E-state index contributed by atoms with van der Waals surface area (Å²) < 4.78 is 15.6. The van der Waals surface area contributed by atoms with Crippen molar-refractivity contribution in [3.63, 3.8) is 0 Å². The summed E-state index contributed by atoms with van der Waals surface area (Å²) in [7, 11) is 1.65. The van der Waals surface area contributed by atoms with E-state index in [4.69, 9.17) is 25.4 Å². The van der Waals surface area contributed by atoms with Gasteiger partial charge in [0.2, 0.25) is 0 Å². The van der Waals surface area contributed by atoms with E-state index in [9.17, 15) is 0 Å². The molecule has 0 aliphatic heterocycles. The Morgan fingerprint density at radius 2 is 1.67 bits per heavy atom. The summed E-state index contributed by atoms with van der Waals surface area (Å²) in [5, 5.41) is 7.18. The van der Waals surface area contributed by atoms with Crippen molar-refractivity contribution in [2.45, 2.75) is 13.3 Å². The fourth-order valence-corrected chi connectivity index (χ4v) is 1.36. The molecule has 18 heavy (non-hydrogen) atoms. The minimum Gasteiger partial charge on any atom is -0.388 e. The summed E-state index contributed by atoms with van der Waals surface area (Å²) in [6.07, 6.45) is 0.619. The van der Waals surface area contributed by atoms with E-state index < -0.39 is 0 Å². The Morgan fingerprint density at radius 3 is 2.22 bits per heavy atom. The summed E-state index contributed by atoms with van der Waals surface area (Å²) in [5.74, 6) is 0.237. The maximum atomic E-state index is 7.18. The van der Waals surface area contributed by atoms with E-state index in [0.29, 0.717) is 39.5 Å². The summed E-state index contributed by atoms with van der Waals surface area (Å²) in [6.45, 7) is 7.83. The van der Waals surface area contributed by atoms with Crippen LogP contribution < -0.4 is 5.73 Å². The van der Waals surface area contributed by atoms with Crippen LogP contribution in [0.5, 0.6) is 0 Å². The number of likely N-dealkylation sites (N-methyl/N-ethyl adjacent to an activating group) is 1. The van der Waals surface area contributed by atoms with Crippen molar-refractivity contribution in [3.05, 3.63) is 0 Å². The van der Waals surface area contributed by atoms with E-state index in [1.54, 1.807) is 7.11 Å². The molecule has 6 nitrogen and oxygen atoms in total. The molecule has 0 heterocycles. The van der Waals surface area contributed by atoms with Gasteiger partial charge in [0.1, 0.15) is 0 Å². The van der Waals surface area contributed by atoms with Gasteiger partial charge in [-0.2, -0.15) is 0 Å². The Kier molecular flexibility index (Phi) is 12.3. The van der Waals surface area contributed by atoms with Crippen molar-refractivity contribution in [1.29, 1.82) is 5.41 Å². The zero-order chi connectivity index (χ0) is 13.6. The highest BCUT2D eigenvalue weighted by atomic mass is 16.5. The van der Waals surface area contributed by atoms with Gasteiger partial charge in [-0.05, 0) is 6.54 Å². The summed E-state index contributed by atoms with van der Waals surface area (Å²) in [5.41, 5.74) is 5.33. The highest BCUT2D eigenvalue weighted by Crippen LogP contribution is 1.91. The third-order valence-electron chi connectivity index (χ3n) is 2.50. The molecule has 108 valence electrons. The smallest absolute Gasteiger partial charge is 0.0918 e. The van der Waals surface area contributed by atoms with E-state index in [1.807, 2.05) is 0 Å². The van der Waals surface area contributed by atoms with Crippen LogP contribution in [0, 0.1) is 5.41 Å². The number of nitrogens with zero attached hydrogens (tertiary/aromatic N) is 1. The van der Waals surface area contributed by atoms with Gasteiger partial charge in [-0.3, -0.25) is 5.41 Å². The number of amidine groups is 1. The zero-order valence-electron chi connectivity index (χ0n) is 11.6. The first-order valence-electron chi connectivity index (χ1n) is 6.40. The molecule has 3 N–H and O–H groups in total. The second-order valence-corrected chi connectivity index (χ2v) is 3.93. The van der Waals surface area contributed by atoms with Crippen LogP contribution in [0.3, 0.4) is 0 Å². The number of nitrogens with one attached hydrogen (secondary N) is 1. The van der Waals surface area contributed by atoms with Crippen LogP contribution in [0.1, 0.15) is 13.3 Å². The Bertz CT molecular complexity index is 203. The molecule has 0 saturated carbocycles. The molecule has 0 fully saturated rings. The van der Waals surface area contributed by atoms with Crippen molar-refractivity contribution >= 4 is 5.84 Å². The first kappa shape index (κ1) is 17.3. The van der Waals surface area contributed by atoms with E-state index in [1.165, 1.54) is 0 Å². The number of nitrogens with two attached hydrogens (primary N) is 1. The van der Waals surface area contributed by atoms with Crippen molar-refractivity contribution in [3.8, 4) is 0 Å². The predicted octanol–water partition coefficient (Wildman–Crippen LogP) is 0.314. The summed E-state index contributed by atoms with van der Waals surface area (Å²) in [4.78, 5) is 2.22. The van der Waals surface area contributed by atoms with Crippen molar-refractivity contribution in [2.75, 3.05) is 59.8 Å². The number of hydrogen-bond donors (Lipinski definition) is 2. The lowest BCUT2D eigenvalue weighted by atomic mass is 10.3. The Balaban J connectivity index is 3.31. The van der Waals surface area contributed by atoms with Gasteiger partial charge in [0.05, 0.1) is 38.9 Å². The molecule has 6 heteroatoms. The Morgan fingerprint density at radius 1 is 1.06 bits per heavy atom. The minimum absolute atomic E-state index is 0.237. The fourth-order valence-electron chi connectivity index (χ4n) is 1.36. The maximum Gasteiger partial charge on any atom is 0.0918 e. The van der Waals surface area contributed by atoms with Gasteiger partial charge in [-0.15, -0.1) is 0 Å². The zero-order valence-corrected chi connectivity index (χ0v) is 11.6. The monoisotopic (exact) mass is 261 g/mol. The van der Waals surface area contributed by atoms with Crippen LogP contribution in [0.25, 0.3) is 0 Å². The molecule has 0 aliphatic rings. The lowest BCUT2D eigenvalue weighted by Gasteiger charge is -2.19. The molecule has 0 aromatic rings. The molecule has 0 spiro atoms. The summed E-state index contributed by atoms with van der Waals surface area (Å²) in [6, 6.07) is 0. The Labute approximate surface area is 110 Å². The average molecular weight is 261 g/mol. The molecular formula is C12H27N3O3. The third kappa shape index (κ3) is 11.8. The van der Waals surface area contributed by atoms with Crippen molar-refractivity contribution in [2.24, 2.45) is 5.73 Å². The van der Waals surface area contributed by atoms with Crippen LogP contribution >= 0.6 is 0 Å². The largest absolute Gasteiger partial charge is 0.388 e. The maximum absolute atomic E-state index is 7.18. The Hall–Kier alpha value is -0.690. The molecule has 0 unspecified atom stereocenters. The van der Waals surface area contributed by atoms with Crippen molar-refractivity contribution in [1.82, 2.24) is 4.90 Å². The third-order valence-corrected chi connectivity index (χ3v) is 2.50. The van der Waals surface area contributed by atoms with E-state index >= 15 is 0 Å². The second-order valence-electron chi connectivity index (χ2n) is 3.93. The molecule has 0 saturated heterocycles.